The molecule has 0 aliphatic heterocycles. The third-order valence-corrected chi connectivity index (χ3v) is 3.55. The van der Waals surface area contributed by atoms with Crippen molar-refractivity contribution in [1.29, 1.82) is 0 Å². The Balaban J connectivity index is 0.000000321. The second kappa shape index (κ2) is 10.8. The third-order valence-electron chi connectivity index (χ3n) is 2.19. The summed E-state index contributed by atoms with van der Waals surface area (Å²) in [5, 5.41) is 1.32. The molecule has 0 fully saturated rings. The molecule has 0 saturated heterocycles. The molecule has 0 aromatic heterocycles. The van der Waals surface area contributed by atoms with Crippen LogP contribution in [0.25, 0.3) is 6.08 Å². The Morgan fingerprint density at radius 1 is 1.17 bits per heavy atom. The van der Waals surface area contributed by atoms with Gasteiger partial charge in [-0.2, -0.15) is 0 Å². The zero-order valence-electron chi connectivity index (χ0n) is 12.6. The maximum atomic E-state index is 2.27. The third kappa shape index (κ3) is 12.4. The number of hydrogen-bond acceptors (Lipinski definition) is 1. The number of allylic oxidation sites excluding steroid dienone is 1. The summed E-state index contributed by atoms with van der Waals surface area (Å²) in [6.45, 7) is 8.83. The van der Waals surface area contributed by atoms with E-state index in [1.54, 1.807) is 0 Å². The summed E-state index contributed by atoms with van der Waals surface area (Å²) < 4.78 is 0.467. The fourth-order valence-electron chi connectivity index (χ4n) is 1.28. The van der Waals surface area contributed by atoms with Crippen molar-refractivity contribution in [3.63, 3.8) is 0 Å². The second-order valence-electron chi connectivity index (χ2n) is 5.23. The van der Waals surface area contributed by atoms with Gasteiger partial charge in [0, 0.05) is 0 Å². The van der Waals surface area contributed by atoms with Crippen LogP contribution in [0.2, 0.25) is 5.09 Å². The molecule has 0 heterocycles. The van der Waals surface area contributed by atoms with Crippen molar-refractivity contribution in [2.24, 2.45) is 0 Å². The first-order chi connectivity index (χ1) is 8.49. The van der Waals surface area contributed by atoms with Crippen LogP contribution in [0.4, 0.5) is 0 Å². The zero-order chi connectivity index (χ0) is 13.9. The molecule has 0 saturated carbocycles. The van der Waals surface area contributed by atoms with Gasteiger partial charge in [-0.3, -0.25) is 0 Å². The van der Waals surface area contributed by atoms with Gasteiger partial charge in [0.1, 0.15) is 0 Å². The molecule has 0 bridgehead atoms. The Bertz CT molecular complexity index is 312. The number of hydrogen-bond donors (Lipinski definition) is 0. The van der Waals surface area contributed by atoms with Crippen molar-refractivity contribution in [2.75, 3.05) is 5.75 Å². The molecule has 0 radical (unpaired) electrons. The van der Waals surface area contributed by atoms with Crippen LogP contribution in [0.5, 0.6) is 0 Å². The molecule has 0 nitrogen and oxygen atoms in total. The predicted octanol–water partition coefficient (Wildman–Crippen LogP) is 5.21. The predicted molar refractivity (Wildman–Crippen MR) is 88.5 cm³/mol. The van der Waals surface area contributed by atoms with Gasteiger partial charge < -0.3 is 0 Å². The molecule has 1 aromatic rings. The molecular weight excluding hydrogens is 231 g/mol. The molecule has 0 aliphatic carbocycles. The van der Waals surface area contributed by atoms with E-state index >= 15 is 0 Å². The van der Waals surface area contributed by atoms with Gasteiger partial charge in [-0.15, -0.1) is 0 Å². The SMILES string of the molecule is CC=Cc1ccccc1.[Li][CH2]CCSC(C)(C)C. The van der Waals surface area contributed by atoms with Crippen molar-refractivity contribution in [1.82, 2.24) is 0 Å². The molecule has 0 N–H and O–H groups in total. The van der Waals surface area contributed by atoms with Gasteiger partial charge in [-0.1, -0.05) is 42.5 Å². The zero-order valence-corrected chi connectivity index (χ0v) is 13.4. The first-order valence-electron chi connectivity index (χ1n) is 6.81. The molecule has 0 atom stereocenters. The van der Waals surface area contributed by atoms with E-state index < -0.39 is 0 Å². The van der Waals surface area contributed by atoms with E-state index in [1.165, 1.54) is 22.8 Å². The molecule has 0 spiro atoms. The minimum absolute atomic E-state index is 0.467. The average Bonchev–Trinajstić information content (AvgIpc) is 2.30. The monoisotopic (exact) mass is 256 g/mol. The molecule has 18 heavy (non-hydrogen) atoms. The summed E-state index contributed by atoms with van der Waals surface area (Å²) in [5.41, 5.74) is 1.26. The van der Waals surface area contributed by atoms with E-state index in [0.29, 0.717) is 4.75 Å². The molecule has 0 unspecified atom stereocenters. The van der Waals surface area contributed by atoms with Gasteiger partial charge in [0.05, 0.1) is 0 Å². The van der Waals surface area contributed by atoms with Crippen molar-refractivity contribution in [3.05, 3.63) is 42.0 Å². The van der Waals surface area contributed by atoms with E-state index in [4.69, 9.17) is 0 Å². The topological polar surface area (TPSA) is 0 Å². The van der Waals surface area contributed by atoms with Gasteiger partial charge in [-0.05, 0) is 12.5 Å². The van der Waals surface area contributed by atoms with Crippen molar-refractivity contribution < 1.29 is 0 Å². The summed E-state index contributed by atoms with van der Waals surface area (Å²) >= 11 is 4.30. The van der Waals surface area contributed by atoms with Gasteiger partial charge in [0.15, 0.2) is 0 Å². The molecule has 2 heteroatoms. The molecular formula is C16H25LiS. The van der Waals surface area contributed by atoms with Crippen molar-refractivity contribution in [2.45, 2.75) is 44.0 Å². The quantitative estimate of drug-likeness (QED) is 0.526. The number of thioether (sulfide) groups is 1. The van der Waals surface area contributed by atoms with Gasteiger partial charge in [0.25, 0.3) is 0 Å². The fourth-order valence-corrected chi connectivity index (χ4v) is 2.32. The van der Waals surface area contributed by atoms with E-state index in [0.717, 1.165) is 0 Å². The van der Waals surface area contributed by atoms with E-state index in [2.05, 4.69) is 68.5 Å². The van der Waals surface area contributed by atoms with Crippen LogP contribution in [0, 0.1) is 0 Å². The average molecular weight is 256 g/mol. The molecule has 1 rings (SSSR count). The van der Waals surface area contributed by atoms with Crippen LogP contribution in [0.3, 0.4) is 0 Å². The van der Waals surface area contributed by atoms with Crippen LogP contribution in [-0.4, -0.2) is 28.2 Å². The van der Waals surface area contributed by atoms with Crippen LogP contribution < -0.4 is 0 Å². The Hall–Kier alpha value is -0.0926. The Labute approximate surface area is 127 Å². The van der Waals surface area contributed by atoms with E-state index in [9.17, 15) is 0 Å². The fraction of sp³-hybridized carbons (Fsp3) is 0.500. The summed E-state index contributed by atoms with van der Waals surface area (Å²) in [4.78, 5) is 0. The molecule has 0 aliphatic rings. The summed E-state index contributed by atoms with van der Waals surface area (Å²) in [6.07, 6.45) is 5.48. The Morgan fingerprint density at radius 2 is 1.78 bits per heavy atom. The first kappa shape index (κ1) is 17.9. The maximum absolute atomic E-state index is 2.27. The van der Waals surface area contributed by atoms with Gasteiger partial charge >= 0.3 is 72.3 Å². The standard InChI is InChI=1S/C9H10.C7H15S.Li/c1-2-6-9-7-4-3-5-8-9;1-5-6-8-7(2,3)4;/h2-8H,1H3;1,5-6H2,2-4H3;. The van der Waals surface area contributed by atoms with E-state index in [1.807, 2.05) is 31.2 Å². The van der Waals surface area contributed by atoms with Crippen molar-refractivity contribution >= 4 is 35.6 Å². The first-order valence-corrected chi connectivity index (χ1v) is 7.80. The minimum atomic E-state index is 0.467. The van der Waals surface area contributed by atoms with Crippen molar-refractivity contribution in [3.8, 4) is 0 Å². The summed E-state index contributed by atoms with van der Waals surface area (Å²) in [7, 11) is 0. The summed E-state index contributed by atoms with van der Waals surface area (Å²) in [5.74, 6) is 1.32. The second-order valence-corrected chi connectivity index (χ2v) is 7.15. The van der Waals surface area contributed by atoms with Crippen LogP contribution >= 0.6 is 11.8 Å². The molecule has 96 valence electrons. The molecule has 1 aromatic carbocycles. The number of rotatable bonds is 4. The summed E-state index contributed by atoms with van der Waals surface area (Å²) in [6, 6.07) is 10.3. The Kier molecular flexibility index (Phi) is 10.7. The van der Waals surface area contributed by atoms with Gasteiger partial charge in [0.2, 0.25) is 0 Å². The number of benzene rings is 1. The van der Waals surface area contributed by atoms with Crippen LogP contribution in [0.15, 0.2) is 36.4 Å². The van der Waals surface area contributed by atoms with Crippen LogP contribution in [0.1, 0.15) is 39.7 Å². The normalized spacial score (nSPS) is 11.2. The van der Waals surface area contributed by atoms with Gasteiger partial charge in [-0.25, -0.2) is 0 Å². The van der Waals surface area contributed by atoms with Crippen LogP contribution in [-0.2, 0) is 0 Å². The van der Waals surface area contributed by atoms with E-state index in [-0.39, 0.29) is 0 Å². The Morgan fingerprint density at radius 3 is 2.22 bits per heavy atom. The molecule has 0 amide bonds.